The highest BCUT2D eigenvalue weighted by Crippen LogP contribution is 2.16. The Morgan fingerprint density at radius 2 is 1.41 bits per heavy atom. The fourth-order valence-corrected chi connectivity index (χ4v) is 4.17. The molecule has 0 aliphatic rings. The number of sulfonamides is 1. The lowest BCUT2D eigenvalue weighted by molar-refractivity contribution is 0.0980. The van der Waals surface area contributed by atoms with Crippen LogP contribution in [0.3, 0.4) is 0 Å². The third kappa shape index (κ3) is 5.78. The van der Waals surface area contributed by atoms with E-state index in [0.29, 0.717) is 5.56 Å². The standard InChI is InChI=1S/C24H25NO3S/c1-19-15-17-22(18-16-19)29(27,28)25-24(26)23-14-8-7-13-21(23)12-6-5-11-20-9-3-2-4-10-20/h2-4,7-10,13-18H,5-6,11-12H2,1H3,(H,25,26). The number of aryl methyl sites for hydroxylation is 3. The Kier molecular flexibility index (Phi) is 6.83. The Labute approximate surface area is 172 Å². The zero-order valence-electron chi connectivity index (χ0n) is 16.5. The van der Waals surface area contributed by atoms with Gasteiger partial charge in [-0.25, -0.2) is 13.1 Å². The van der Waals surface area contributed by atoms with Gasteiger partial charge in [-0.2, -0.15) is 0 Å². The minimum Gasteiger partial charge on any atom is -0.268 e. The number of rotatable bonds is 8. The van der Waals surface area contributed by atoms with Gasteiger partial charge in [-0.3, -0.25) is 4.79 Å². The molecule has 5 heteroatoms. The molecule has 0 fully saturated rings. The van der Waals surface area contributed by atoms with Gasteiger partial charge in [0, 0.05) is 5.56 Å². The maximum absolute atomic E-state index is 12.7. The second-order valence-corrected chi connectivity index (χ2v) is 8.78. The van der Waals surface area contributed by atoms with E-state index in [-0.39, 0.29) is 4.90 Å². The van der Waals surface area contributed by atoms with Crippen molar-refractivity contribution >= 4 is 15.9 Å². The number of amides is 1. The van der Waals surface area contributed by atoms with E-state index in [0.717, 1.165) is 36.8 Å². The lowest BCUT2D eigenvalue weighted by Gasteiger charge is -2.11. The lowest BCUT2D eigenvalue weighted by atomic mass is 9.99. The van der Waals surface area contributed by atoms with Crippen LogP contribution in [0.15, 0.2) is 83.8 Å². The quantitative estimate of drug-likeness (QED) is 0.552. The van der Waals surface area contributed by atoms with Crippen LogP contribution in [0.5, 0.6) is 0 Å². The first-order valence-corrected chi connectivity index (χ1v) is 11.2. The maximum atomic E-state index is 12.7. The molecule has 0 atom stereocenters. The molecule has 0 aromatic heterocycles. The van der Waals surface area contributed by atoms with Gasteiger partial charge < -0.3 is 0 Å². The van der Waals surface area contributed by atoms with Crippen LogP contribution in [0, 0.1) is 6.92 Å². The topological polar surface area (TPSA) is 63.2 Å². The van der Waals surface area contributed by atoms with Crippen molar-refractivity contribution in [2.75, 3.05) is 0 Å². The fraction of sp³-hybridized carbons (Fsp3) is 0.208. The summed E-state index contributed by atoms with van der Waals surface area (Å²) in [6, 6.07) is 23.9. The summed E-state index contributed by atoms with van der Waals surface area (Å²) in [5, 5.41) is 0. The van der Waals surface area contributed by atoms with Crippen molar-refractivity contribution in [3.8, 4) is 0 Å². The van der Waals surface area contributed by atoms with Crippen molar-refractivity contribution in [1.29, 1.82) is 0 Å². The van der Waals surface area contributed by atoms with Gasteiger partial charge in [0.1, 0.15) is 0 Å². The summed E-state index contributed by atoms with van der Waals surface area (Å²) in [7, 11) is -3.90. The van der Waals surface area contributed by atoms with Crippen LogP contribution < -0.4 is 4.72 Å². The van der Waals surface area contributed by atoms with E-state index in [2.05, 4.69) is 16.9 Å². The zero-order valence-corrected chi connectivity index (χ0v) is 17.3. The molecule has 3 rings (SSSR count). The Balaban J connectivity index is 1.64. The van der Waals surface area contributed by atoms with E-state index < -0.39 is 15.9 Å². The Hall–Kier alpha value is -2.92. The summed E-state index contributed by atoms with van der Waals surface area (Å²) in [6.07, 6.45) is 3.63. The summed E-state index contributed by atoms with van der Waals surface area (Å²) >= 11 is 0. The molecule has 3 aromatic rings. The summed E-state index contributed by atoms with van der Waals surface area (Å²) in [6.45, 7) is 1.88. The van der Waals surface area contributed by atoms with E-state index in [4.69, 9.17) is 0 Å². The molecule has 0 saturated heterocycles. The minimum absolute atomic E-state index is 0.0804. The Morgan fingerprint density at radius 1 is 0.793 bits per heavy atom. The number of hydrogen-bond acceptors (Lipinski definition) is 3. The van der Waals surface area contributed by atoms with Crippen LogP contribution in [0.4, 0.5) is 0 Å². The molecular weight excluding hydrogens is 382 g/mol. The molecule has 4 nitrogen and oxygen atoms in total. The van der Waals surface area contributed by atoms with Gasteiger partial charge in [-0.15, -0.1) is 0 Å². The van der Waals surface area contributed by atoms with Crippen molar-refractivity contribution in [3.05, 3.63) is 101 Å². The molecule has 1 N–H and O–H groups in total. The number of benzene rings is 3. The van der Waals surface area contributed by atoms with Crippen LogP contribution in [0.1, 0.15) is 39.9 Å². The van der Waals surface area contributed by atoms with Crippen LogP contribution in [0.2, 0.25) is 0 Å². The molecule has 150 valence electrons. The Morgan fingerprint density at radius 3 is 2.14 bits per heavy atom. The number of unbranched alkanes of at least 4 members (excludes halogenated alkanes) is 1. The lowest BCUT2D eigenvalue weighted by Crippen LogP contribution is -2.31. The zero-order chi connectivity index (χ0) is 20.7. The molecule has 0 saturated carbocycles. The van der Waals surface area contributed by atoms with Gasteiger partial charge in [0.15, 0.2) is 0 Å². The van der Waals surface area contributed by atoms with Crippen LogP contribution in [-0.2, 0) is 22.9 Å². The molecule has 0 aliphatic carbocycles. The van der Waals surface area contributed by atoms with E-state index in [1.807, 2.05) is 37.3 Å². The maximum Gasteiger partial charge on any atom is 0.265 e. The first-order valence-electron chi connectivity index (χ1n) is 9.71. The number of nitrogens with one attached hydrogen (secondary N) is 1. The fourth-order valence-electron chi connectivity index (χ4n) is 3.20. The first-order chi connectivity index (χ1) is 14.0. The van der Waals surface area contributed by atoms with Crippen LogP contribution in [0.25, 0.3) is 0 Å². The minimum atomic E-state index is -3.90. The van der Waals surface area contributed by atoms with Crippen LogP contribution >= 0.6 is 0 Å². The van der Waals surface area contributed by atoms with E-state index >= 15 is 0 Å². The third-order valence-electron chi connectivity index (χ3n) is 4.82. The van der Waals surface area contributed by atoms with Gasteiger partial charge in [-0.1, -0.05) is 66.2 Å². The average molecular weight is 408 g/mol. The molecule has 1 amide bonds. The van der Waals surface area contributed by atoms with Crippen molar-refractivity contribution in [1.82, 2.24) is 4.72 Å². The van der Waals surface area contributed by atoms with Crippen molar-refractivity contribution < 1.29 is 13.2 Å². The summed E-state index contributed by atoms with van der Waals surface area (Å²) in [4.78, 5) is 12.8. The van der Waals surface area contributed by atoms with Crippen molar-refractivity contribution in [2.24, 2.45) is 0 Å². The van der Waals surface area contributed by atoms with Crippen molar-refractivity contribution in [2.45, 2.75) is 37.5 Å². The summed E-state index contributed by atoms with van der Waals surface area (Å²) < 4.78 is 27.2. The van der Waals surface area contributed by atoms with Gasteiger partial charge in [0.05, 0.1) is 4.90 Å². The smallest absolute Gasteiger partial charge is 0.265 e. The molecule has 0 unspecified atom stereocenters. The molecular formula is C24H25NO3S. The molecule has 0 aliphatic heterocycles. The Bertz CT molecular complexity index is 1060. The van der Waals surface area contributed by atoms with Gasteiger partial charge >= 0.3 is 0 Å². The number of hydrogen-bond donors (Lipinski definition) is 1. The molecule has 0 bridgehead atoms. The molecule has 3 aromatic carbocycles. The van der Waals surface area contributed by atoms with Gasteiger partial charge in [-0.05, 0) is 61.9 Å². The van der Waals surface area contributed by atoms with E-state index in [1.165, 1.54) is 17.7 Å². The highest BCUT2D eigenvalue weighted by molar-refractivity contribution is 7.90. The van der Waals surface area contributed by atoms with Crippen molar-refractivity contribution in [3.63, 3.8) is 0 Å². The summed E-state index contributed by atoms with van der Waals surface area (Å²) in [5.41, 5.74) is 3.51. The molecule has 0 radical (unpaired) electrons. The predicted molar refractivity (Wildman–Crippen MR) is 115 cm³/mol. The first kappa shape index (κ1) is 20.8. The summed E-state index contributed by atoms with van der Waals surface area (Å²) in [5.74, 6) is -0.593. The second-order valence-electron chi connectivity index (χ2n) is 7.10. The normalized spacial score (nSPS) is 11.2. The van der Waals surface area contributed by atoms with E-state index in [1.54, 1.807) is 24.3 Å². The monoisotopic (exact) mass is 407 g/mol. The highest BCUT2D eigenvalue weighted by atomic mass is 32.2. The molecule has 0 spiro atoms. The highest BCUT2D eigenvalue weighted by Gasteiger charge is 2.20. The number of carbonyl (C=O) groups excluding carboxylic acids is 1. The largest absolute Gasteiger partial charge is 0.268 e. The van der Waals surface area contributed by atoms with E-state index in [9.17, 15) is 13.2 Å². The molecule has 29 heavy (non-hydrogen) atoms. The number of carbonyl (C=O) groups is 1. The molecule has 0 heterocycles. The average Bonchev–Trinajstić information content (AvgIpc) is 2.72. The van der Waals surface area contributed by atoms with Crippen LogP contribution in [-0.4, -0.2) is 14.3 Å². The van der Waals surface area contributed by atoms with Gasteiger partial charge in [0.25, 0.3) is 15.9 Å². The third-order valence-corrected chi connectivity index (χ3v) is 6.17. The SMILES string of the molecule is Cc1ccc(S(=O)(=O)NC(=O)c2ccccc2CCCCc2ccccc2)cc1. The predicted octanol–water partition coefficient (Wildman–Crippen LogP) is 4.68. The second kappa shape index (κ2) is 9.52. The van der Waals surface area contributed by atoms with Gasteiger partial charge in [0.2, 0.25) is 0 Å².